The van der Waals surface area contributed by atoms with Crippen LogP contribution in [0.25, 0.3) is 0 Å². The van der Waals surface area contributed by atoms with Crippen LogP contribution >= 0.6 is 0 Å². The van der Waals surface area contributed by atoms with Crippen molar-refractivity contribution in [2.24, 2.45) is 5.10 Å². The molecule has 0 aromatic carbocycles. The maximum atomic E-state index is 3.75. The first-order valence-electron chi connectivity index (χ1n) is 4.05. The van der Waals surface area contributed by atoms with Gasteiger partial charge in [-0.1, -0.05) is 37.0 Å². The van der Waals surface area contributed by atoms with Gasteiger partial charge in [-0.3, -0.25) is 5.01 Å². The van der Waals surface area contributed by atoms with E-state index < -0.39 is 0 Å². The Labute approximate surface area is 80.3 Å². The third kappa shape index (κ3) is 5.67. The SMILES string of the molecule is C=C\C=C/C=C\C=C(\C)N(C)N=C. The Bertz CT molecular complexity index is 247. The maximum Gasteiger partial charge on any atom is 0.0333 e. The second-order valence-corrected chi connectivity index (χ2v) is 2.48. The molecule has 70 valence electrons. The van der Waals surface area contributed by atoms with Crippen molar-refractivity contribution in [3.05, 3.63) is 48.7 Å². The van der Waals surface area contributed by atoms with Crippen LogP contribution in [0.3, 0.4) is 0 Å². The van der Waals surface area contributed by atoms with E-state index in [1.807, 2.05) is 44.4 Å². The minimum Gasteiger partial charge on any atom is -0.274 e. The number of hydrazone groups is 1. The van der Waals surface area contributed by atoms with Gasteiger partial charge in [0.15, 0.2) is 0 Å². The molecule has 0 heterocycles. The second-order valence-electron chi connectivity index (χ2n) is 2.48. The van der Waals surface area contributed by atoms with Crippen molar-refractivity contribution in [3.8, 4) is 0 Å². The molecule has 0 N–H and O–H groups in total. The zero-order chi connectivity index (χ0) is 10.1. The summed E-state index contributed by atoms with van der Waals surface area (Å²) in [6.45, 7) is 8.96. The van der Waals surface area contributed by atoms with Gasteiger partial charge in [0.05, 0.1) is 0 Å². The predicted molar refractivity (Wildman–Crippen MR) is 59.5 cm³/mol. The number of allylic oxidation sites excluding steroid dienone is 7. The quantitative estimate of drug-likeness (QED) is 0.357. The van der Waals surface area contributed by atoms with Crippen LogP contribution in [0.5, 0.6) is 0 Å². The molecule has 0 aromatic heterocycles. The molecule has 0 radical (unpaired) electrons. The summed E-state index contributed by atoms with van der Waals surface area (Å²) >= 11 is 0. The highest BCUT2D eigenvalue weighted by molar-refractivity contribution is 5.24. The highest BCUT2D eigenvalue weighted by atomic mass is 15.4. The van der Waals surface area contributed by atoms with Crippen molar-refractivity contribution in [2.75, 3.05) is 7.05 Å². The van der Waals surface area contributed by atoms with E-state index in [9.17, 15) is 0 Å². The highest BCUT2D eigenvalue weighted by Crippen LogP contribution is 1.99. The fourth-order valence-corrected chi connectivity index (χ4v) is 0.621. The molecule has 2 heteroatoms. The predicted octanol–water partition coefficient (Wildman–Crippen LogP) is 2.74. The normalized spacial score (nSPS) is 12.3. The largest absolute Gasteiger partial charge is 0.274 e. The van der Waals surface area contributed by atoms with Crippen LogP contribution in [-0.2, 0) is 0 Å². The lowest BCUT2D eigenvalue weighted by Gasteiger charge is -2.10. The molecule has 0 spiro atoms. The molecule has 0 aliphatic heterocycles. The van der Waals surface area contributed by atoms with Crippen molar-refractivity contribution >= 4 is 6.72 Å². The molecule has 0 aliphatic rings. The summed E-state index contributed by atoms with van der Waals surface area (Å²) in [5.74, 6) is 0. The van der Waals surface area contributed by atoms with Crippen molar-refractivity contribution in [1.29, 1.82) is 0 Å². The van der Waals surface area contributed by atoms with Gasteiger partial charge in [-0.2, -0.15) is 5.10 Å². The van der Waals surface area contributed by atoms with Gasteiger partial charge < -0.3 is 0 Å². The first kappa shape index (κ1) is 11.4. The molecular formula is C11H16N2. The molecule has 0 atom stereocenters. The van der Waals surface area contributed by atoms with Gasteiger partial charge >= 0.3 is 0 Å². The fourth-order valence-electron chi connectivity index (χ4n) is 0.621. The van der Waals surface area contributed by atoms with E-state index in [4.69, 9.17) is 0 Å². The lowest BCUT2D eigenvalue weighted by atomic mass is 10.3. The summed E-state index contributed by atoms with van der Waals surface area (Å²) in [4.78, 5) is 0. The van der Waals surface area contributed by atoms with E-state index in [1.165, 1.54) is 0 Å². The van der Waals surface area contributed by atoms with Crippen LogP contribution in [0.2, 0.25) is 0 Å². The van der Waals surface area contributed by atoms with Gasteiger partial charge in [0.2, 0.25) is 0 Å². The minimum absolute atomic E-state index is 1.04. The van der Waals surface area contributed by atoms with E-state index in [0.717, 1.165) is 5.70 Å². The lowest BCUT2D eigenvalue weighted by molar-refractivity contribution is 0.452. The molecule has 0 aliphatic carbocycles. The van der Waals surface area contributed by atoms with Crippen LogP contribution in [-0.4, -0.2) is 18.8 Å². The van der Waals surface area contributed by atoms with E-state index in [2.05, 4.69) is 18.4 Å². The molecule has 0 bridgehead atoms. The Morgan fingerprint density at radius 2 is 1.85 bits per heavy atom. The molecule has 0 saturated heterocycles. The van der Waals surface area contributed by atoms with Crippen LogP contribution in [0.4, 0.5) is 0 Å². The monoisotopic (exact) mass is 176 g/mol. The summed E-state index contributed by atoms with van der Waals surface area (Å²) in [5.41, 5.74) is 1.04. The van der Waals surface area contributed by atoms with Gasteiger partial charge in [-0.15, -0.1) is 0 Å². The van der Waals surface area contributed by atoms with Crippen LogP contribution in [0.1, 0.15) is 6.92 Å². The first-order valence-corrected chi connectivity index (χ1v) is 4.05. The van der Waals surface area contributed by atoms with Crippen molar-refractivity contribution in [3.63, 3.8) is 0 Å². The minimum atomic E-state index is 1.04. The highest BCUT2D eigenvalue weighted by Gasteiger charge is 1.89. The van der Waals surface area contributed by atoms with Crippen molar-refractivity contribution in [2.45, 2.75) is 6.92 Å². The summed E-state index contributed by atoms with van der Waals surface area (Å²) in [6.07, 6.45) is 11.4. The van der Waals surface area contributed by atoms with Crippen LogP contribution < -0.4 is 0 Å². The van der Waals surface area contributed by atoms with Crippen LogP contribution in [0, 0.1) is 0 Å². The Morgan fingerprint density at radius 3 is 2.38 bits per heavy atom. The number of nitrogens with zero attached hydrogens (tertiary/aromatic N) is 2. The van der Waals surface area contributed by atoms with E-state index >= 15 is 0 Å². The molecule has 0 amide bonds. The molecule has 0 unspecified atom stereocenters. The van der Waals surface area contributed by atoms with Gasteiger partial charge in [0, 0.05) is 19.5 Å². The molecule has 0 rings (SSSR count). The van der Waals surface area contributed by atoms with Gasteiger partial charge in [0.25, 0.3) is 0 Å². The second kappa shape index (κ2) is 7.10. The first-order chi connectivity index (χ1) is 6.22. The van der Waals surface area contributed by atoms with Crippen molar-refractivity contribution < 1.29 is 0 Å². The smallest absolute Gasteiger partial charge is 0.0333 e. The van der Waals surface area contributed by atoms with E-state index in [0.29, 0.717) is 0 Å². The van der Waals surface area contributed by atoms with E-state index in [-0.39, 0.29) is 0 Å². The summed E-state index contributed by atoms with van der Waals surface area (Å²) in [5, 5.41) is 5.46. The van der Waals surface area contributed by atoms with Gasteiger partial charge in [-0.05, 0) is 13.0 Å². The Morgan fingerprint density at radius 1 is 1.23 bits per heavy atom. The third-order valence-electron chi connectivity index (χ3n) is 1.53. The topological polar surface area (TPSA) is 15.6 Å². The third-order valence-corrected chi connectivity index (χ3v) is 1.53. The standard InChI is InChI=1S/C11H16N2/c1-5-6-7-8-9-10-11(2)13(4)12-3/h5-10H,1,3H2,2,4H3/b7-6-,9-8-,11-10-. The average Bonchev–Trinajstić information content (AvgIpc) is 2.16. The number of hydrogen-bond donors (Lipinski definition) is 0. The molecular weight excluding hydrogens is 160 g/mol. The molecule has 0 saturated carbocycles. The van der Waals surface area contributed by atoms with Crippen molar-refractivity contribution in [1.82, 2.24) is 5.01 Å². The summed E-state index contributed by atoms with van der Waals surface area (Å²) < 4.78 is 0. The van der Waals surface area contributed by atoms with E-state index in [1.54, 1.807) is 11.1 Å². The Hall–Kier alpha value is -1.57. The van der Waals surface area contributed by atoms with Gasteiger partial charge in [0.1, 0.15) is 0 Å². The van der Waals surface area contributed by atoms with Crippen LogP contribution in [0.15, 0.2) is 53.8 Å². The number of rotatable bonds is 5. The van der Waals surface area contributed by atoms with Gasteiger partial charge in [-0.25, -0.2) is 0 Å². The lowest BCUT2D eigenvalue weighted by Crippen LogP contribution is -2.05. The molecule has 0 aromatic rings. The number of hydrogen-bond acceptors (Lipinski definition) is 2. The zero-order valence-electron chi connectivity index (χ0n) is 8.27. The summed E-state index contributed by atoms with van der Waals surface area (Å²) in [6, 6.07) is 0. The summed E-state index contributed by atoms with van der Waals surface area (Å²) in [7, 11) is 1.85. The fraction of sp³-hybridized carbons (Fsp3) is 0.182. The molecule has 2 nitrogen and oxygen atoms in total. The Kier molecular flexibility index (Phi) is 6.24. The molecule has 13 heavy (non-hydrogen) atoms. The average molecular weight is 176 g/mol. The zero-order valence-corrected chi connectivity index (χ0v) is 8.27. The maximum absolute atomic E-state index is 3.75. The Balaban J connectivity index is 4.09. The molecule has 0 fully saturated rings.